The number of hydrogen-bond donors (Lipinski definition) is 1. The lowest BCUT2D eigenvalue weighted by Crippen LogP contribution is -2.45. The molecule has 1 aliphatic heterocycles. The van der Waals surface area contributed by atoms with E-state index >= 15 is 0 Å². The lowest BCUT2D eigenvalue weighted by atomic mass is 10.1. The van der Waals surface area contributed by atoms with Gasteiger partial charge in [-0.3, -0.25) is 0 Å². The molecule has 0 spiro atoms. The van der Waals surface area contributed by atoms with E-state index in [0.29, 0.717) is 0 Å². The number of nitrogens with zero attached hydrogens (tertiary/aromatic N) is 2. The molecule has 20 heavy (non-hydrogen) atoms. The van der Waals surface area contributed by atoms with Crippen molar-refractivity contribution in [3.63, 3.8) is 0 Å². The molecule has 3 nitrogen and oxygen atoms in total. The van der Waals surface area contributed by atoms with Gasteiger partial charge in [0.25, 0.3) is 0 Å². The van der Waals surface area contributed by atoms with E-state index in [1.807, 2.05) is 19.1 Å². The quantitative estimate of drug-likeness (QED) is 0.802. The lowest BCUT2D eigenvalue weighted by molar-refractivity contribution is 0.153. The fraction of sp³-hybridized carbons (Fsp3) is 0.625. The molecule has 1 saturated heterocycles. The number of nitrogens with one attached hydrogen (secondary N) is 1. The Bertz CT molecular complexity index is 414. The summed E-state index contributed by atoms with van der Waals surface area (Å²) < 4.78 is 13.1. The number of halogens is 1. The molecule has 4 heteroatoms. The summed E-state index contributed by atoms with van der Waals surface area (Å²) in [5.41, 5.74) is 1.88. The Hall–Kier alpha value is -0.970. The highest BCUT2D eigenvalue weighted by Gasteiger charge is 2.12. The number of aryl methyl sites for hydroxylation is 1. The summed E-state index contributed by atoms with van der Waals surface area (Å²) in [7, 11) is 2.18. The van der Waals surface area contributed by atoms with Crippen molar-refractivity contribution in [1.82, 2.24) is 15.1 Å². The average Bonchev–Trinajstić information content (AvgIpc) is 2.44. The first-order valence-electron chi connectivity index (χ1n) is 7.52. The van der Waals surface area contributed by atoms with Gasteiger partial charge in [0, 0.05) is 32.7 Å². The normalized spacial score (nSPS) is 17.6. The standard InChI is InChI=1S/C16H26FN3/c1-14-12-15(4-5-16(14)17)13-18-6-3-7-20-10-8-19(2)9-11-20/h4-5,12,18H,3,6-11,13H2,1-2H3. The van der Waals surface area contributed by atoms with E-state index in [2.05, 4.69) is 22.2 Å². The first-order valence-corrected chi connectivity index (χ1v) is 7.52. The highest BCUT2D eigenvalue weighted by atomic mass is 19.1. The maximum Gasteiger partial charge on any atom is 0.126 e. The van der Waals surface area contributed by atoms with Crippen LogP contribution in [0.2, 0.25) is 0 Å². The minimum atomic E-state index is -0.121. The first kappa shape index (κ1) is 15.4. The van der Waals surface area contributed by atoms with Gasteiger partial charge in [-0.15, -0.1) is 0 Å². The molecule has 2 rings (SSSR count). The molecule has 0 amide bonds. The molecule has 1 heterocycles. The molecule has 0 aromatic heterocycles. The van der Waals surface area contributed by atoms with Crippen molar-refractivity contribution in [2.24, 2.45) is 0 Å². The van der Waals surface area contributed by atoms with E-state index in [1.54, 1.807) is 6.07 Å². The van der Waals surface area contributed by atoms with Crippen LogP contribution >= 0.6 is 0 Å². The molecular weight excluding hydrogens is 253 g/mol. The van der Waals surface area contributed by atoms with E-state index in [4.69, 9.17) is 0 Å². The maximum absolute atomic E-state index is 13.1. The zero-order chi connectivity index (χ0) is 14.4. The van der Waals surface area contributed by atoms with Gasteiger partial charge in [-0.2, -0.15) is 0 Å². The largest absolute Gasteiger partial charge is 0.313 e. The van der Waals surface area contributed by atoms with Crippen molar-refractivity contribution in [3.8, 4) is 0 Å². The second-order valence-electron chi connectivity index (χ2n) is 5.76. The summed E-state index contributed by atoms with van der Waals surface area (Å²) >= 11 is 0. The molecule has 0 atom stereocenters. The van der Waals surface area contributed by atoms with Crippen LogP contribution in [0.3, 0.4) is 0 Å². The predicted octanol–water partition coefficient (Wildman–Crippen LogP) is 1.86. The van der Waals surface area contributed by atoms with Crippen LogP contribution in [0.5, 0.6) is 0 Å². The topological polar surface area (TPSA) is 18.5 Å². The van der Waals surface area contributed by atoms with Crippen LogP contribution < -0.4 is 5.32 Å². The van der Waals surface area contributed by atoms with Crippen molar-refractivity contribution in [1.29, 1.82) is 0 Å². The Labute approximate surface area is 121 Å². The van der Waals surface area contributed by atoms with E-state index in [1.165, 1.54) is 39.1 Å². The van der Waals surface area contributed by atoms with E-state index in [0.717, 1.165) is 24.2 Å². The molecular formula is C16H26FN3. The van der Waals surface area contributed by atoms with E-state index in [-0.39, 0.29) is 5.82 Å². The third-order valence-corrected chi connectivity index (χ3v) is 3.98. The van der Waals surface area contributed by atoms with Crippen LogP contribution in [-0.2, 0) is 6.54 Å². The van der Waals surface area contributed by atoms with Gasteiger partial charge in [-0.05, 0) is 50.7 Å². The van der Waals surface area contributed by atoms with Gasteiger partial charge in [-0.25, -0.2) is 4.39 Å². The molecule has 1 N–H and O–H groups in total. The zero-order valence-electron chi connectivity index (χ0n) is 12.7. The second-order valence-corrected chi connectivity index (χ2v) is 5.76. The lowest BCUT2D eigenvalue weighted by Gasteiger charge is -2.32. The summed E-state index contributed by atoms with van der Waals surface area (Å²) in [6.45, 7) is 9.56. The molecule has 0 bridgehead atoms. The van der Waals surface area contributed by atoms with Gasteiger partial charge in [0.15, 0.2) is 0 Å². The van der Waals surface area contributed by atoms with Crippen LogP contribution in [0, 0.1) is 12.7 Å². The second kappa shape index (κ2) is 7.72. The monoisotopic (exact) mass is 279 g/mol. The predicted molar refractivity (Wildman–Crippen MR) is 81.4 cm³/mol. The number of benzene rings is 1. The van der Waals surface area contributed by atoms with Crippen molar-refractivity contribution < 1.29 is 4.39 Å². The maximum atomic E-state index is 13.1. The van der Waals surface area contributed by atoms with Crippen molar-refractivity contribution in [3.05, 3.63) is 35.1 Å². The van der Waals surface area contributed by atoms with Gasteiger partial charge < -0.3 is 15.1 Å². The van der Waals surface area contributed by atoms with E-state index in [9.17, 15) is 4.39 Å². The Morgan fingerprint density at radius 3 is 2.65 bits per heavy atom. The fourth-order valence-corrected chi connectivity index (χ4v) is 2.55. The number of hydrogen-bond acceptors (Lipinski definition) is 3. The Morgan fingerprint density at radius 2 is 1.95 bits per heavy atom. The van der Waals surface area contributed by atoms with Crippen molar-refractivity contribution in [2.75, 3.05) is 46.3 Å². The number of likely N-dealkylation sites (N-methyl/N-ethyl adjacent to an activating group) is 1. The van der Waals surface area contributed by atoms with Crippen LogP contribution in [-0.4, -0.2) is 56.1 Å². The van der Waals surface area contributed by atoms with Crippen LogP contribution in [0.1, 0.15) is 17.5 Å². The molecule has 0 saturated carbocycles. The summed E-state index contributed by atoms with van der Waals surface area (Å²) in [5.74, 6) is -0.121. The summed E-state index contributed by atoms with van der Waals surface area (Å²) in [5, 5.41) is 3.44. The Morgan fingerprint density at radius 1 is 1.20 bits per heavy atom. The van der Waals surface area contributed by atoms with Crippen LogP contribution in [0.15, 0.2) is 18.2 Å². The Kier molecular flexibility index (Phi) is 5.95. The van der Waals surface area contributed by atoms with Gasteiger partial charge in [0.2, 0.25) is 0 Å². The molecule has 1 aromatic carbocycles. The van der Waals surface area contributed by atoms with Crippen molar-refractivity contribution in [2.45, 2.75) is 19.9 Å². The van der Waals surface area contributed by atoms with Gasteiger partial charge in [0.1, 0.15) is 5.82 Å². The molecule has 1 aromatic rings. The minimum absolute atomic E-state index is 0.121. The molecule has 1 fully saturated rings. The molecule has 0 radical (unpaired) electrons. The molecule has 112 valence electrons. The van der Waals surface area contributed by atoms with Crippen molar-refractivity contribution >= 4 is 0 Å². The average molecular weight is 279 g/mol. The summed E-state index contributed by atoms with van der Waals surface area (Å²) in [4.78, 5) is 4.91. The first-order chi connectivity index (χ1) is 9.65. The minimum Gasteiger partial charge on any atom is -0.313 e. The fourth-order valence-electron chi connectivity index (χ4n) is 2.55. The van der Waals surface area contributed by atoms with Gasteiger partial charge >= 0.3 is 0 Å². The molecule has 1 aliphatic rings. The SMILES string of the molecule is Cc1cc(CNCCCN2CCN(C)CC2)ccc1F. The van der Waals surface area contributed by atoms with Crippen LogP contribution in [0.25, 0.3) is 0 Å². The van der Waals surface area contributed by atoms with Crippen LogP contribution in [0.4, 0.5) is 4.39 Å². The van der Waals surface area contributed by atoms with Gasteiger partial charge in [-0.1, -0.05) is 12.1 Å². The third-order valence-electron chi connectivity index (χ3n) is 3.98. The summed E-state index contributed by atoms with van der Waals surface area (Å²) in [6.07, 6.45) is 1.17. The third kappa shape index (κ3) is 4.85. The smallest absolute Gasteiger partial charge is 0.126 e. The highest BCUT2D eigenvalue weighted by molar-refractivity contribution is 5.23. The van der Waals surface area contributed by atoms with E-state index < -0.39 is 0 Å². The van der Waals surface area contributed by atoms with Gasteiger partial charge in [0.05, 0.1) is 0 Å². The Balaban J connectivity index is 1.58. The zero-order valence-corrected chi connectivity index (χ0v) is 12.7. The molecule has 0 unspecified atom stereocenters. The number of piperazine rings is 1. The summed E-state index contributed by atoms with van der Waals surface area (Å²) in [6, 6.07) is 5.33. The molecule has 0 aliphatic carbocycles. The highest BCUT2D eigenvalue weighted by Crippen LogP contribution is 2.08. The number of rotatable bonds is 6.